The zero-order valence-electron chi connectivity index (χ0n) is 6.67. The Morgan fingerprint density at radius 2 is 2.00 bits per heavy atom. The fourth-order valence-corrected chi connectivity index (χ4v) is 0.733. The fraction of sp³-hybridized carbons (Fsp3) is 0.750. The van der Waals surface area contributed by atoms with Gasteiger partial charge in [0.05, 0.1) is 6.61 Å². The van der Waals surface area contributed by atoms with Crippen LogP contribution in [0.3, 0.4) is 0 Å². The molecular weight excluding hydrogens is 128 g/mol. The van der Waals surface area contributed by atoms with Crippen LogP contribution < -0.4 is 0 Å². The molecule has 0 radical (unpaired) electrons. The molecule has 0 saturated carbocycles. The average molecular weight is 144 g/mol. The molecule has 0 amide bonds. The molecule has 10 heavy (non-hydrogen) atoms. The van der Waals surface area contributed by atoms with E-state index in [1.54, 1.807) is 0 Å². The van der Waals surface area contributed by atoms with Gasteiger partial charge in [0.15, 0.2) is 0 Å². The highest BCUT2D eigenvalue weighted by Gasteiger charge is 1.99. The van der Waals surface area contributed by atoms with E-state index in [0.717, 1.165) is 5.57 Å². The predicted octanol–water partition coefficient (Wildman–Crippen LogP) is 0.944. The lowest BCUT2D eigenvalue weighted by molar-refractivity contribution is 0.297. The first-order valence-electron chi connectivity index (χ1n) is 3.63. The van der Waals surface area contributed by atoms with Crippen molar-refractivity contribution in [2.24, 2.45) is 5.92 Å². The zero-order chi connectivity index (χ0) is 7.98. The summed E-state index contributed by atoms with van der Waals surface area (Å²) in [5.74, 6) is 0.386. The molecule has 0 aromatic rings. The maximum Gasteiger partial charge on any atom is 0.0644 e. The SMILES string of the molecule is CC(C)/C(=C\CCO)CO. The molecule has 0 atom stereocenters. The maximum atomic E-state index is 8.77. The van der Waals surface area contributed by atoms with Gasteiger partial charge in [-0.1, -0.05) is 19.9 Å². The molecule has 2 N–H and O–H groups in total. The topological polar surface area (TPSA) is 40.5 Å². The van der Waals surface area contributed by atoms with Crippen LogP contribution in [0.4, 0.5) is 0 Å². The Hall–Kier alpha value is -0.340. The molecule has 0 aromatic carbocycles. The van der Waals surface area contributed by atoms with Gasteiger partial charge < -0.3 is 10.2 Å². The molecule has 0 bridgehead atoms. The first-order chi connectivity index (χ1) is 4.72. The standard InChI is InChI=1S/C8H16O2/c1-7(2)8(6-10)4-3-5-9/h4,7,9-10H,3,5-6H2,1-2H3/b8-4-. The molecule has 0 aliphatic heterocycles. The van der Waals surface area contributed by atoms with Crippen molar-refractivity contribution in [2.45, 2.75) is 20.3 Å². The molecule has 60 valence electrons. The van der Waals surface area contributed by atoms with E-state index in [4.69, 9.17) is 10.2 Å². The van der Waals surface area contributed by atoms with E-state index in [2.05, 4.69) is 0 Å². The second kappa shape index (κ2) is 5.45. The molecule has 2 nitrogen and oxygen atoms in total. The minimum absolute atomic E-state index is 0.109. The minimum atomic E-state index is 0.109. The molecule has 0 aliphatic carbocycles. The van der Waals surface area contributed by atoms with E-state index in [-0.39, 0.29) is 13.2 Å². The van der Waals surface area contributed by atoms with Crippen LogP contribution in [-0.2, 0) is 0 Å². The molecule has 0 saturated heterocycles. The van der Waals surface area contributed by atoms with E-state index in [0.29, 0.717) is 12.3 Å². The van der Waals surface area contributed by atoms with E-state index >= 15 is 0 Å². The summed E-state index contributed by atoms with van der Waals surface area (Å²) in [6, 6.07) is 0. The smallest absolute Gasteiger partial charge is 0.0644 e. The molecule has 0 spiro atoms. The van der Waals surface area contributed by atoms with Crippen LogP contribution in [0.2, 0.25) is 0 Å². The third-order valence-corrected chi connectivity index (χ3v) is 1.46. The minimum Gasteiger partial charge on any atom is -0.396 e. The average Bonchev–Trinajstić information content (AvgIpc) is 1.89. The van der Waals surface area contributed by atoms with Crippen molar-refractivity contribution in [1.82, 2.24) is 0 Å². The molecule has 0 aromatic heterocycles. The van der Waals surface area contributed by atoms with Crippen molar-refractivity contribution >= 4 is 0 Å². The van der Waals surface area contributed by atoms with Crippen molar-refractivity contribution < 1.29 is 10.2 Å². The van der Waals surface area contributed by atoms with Crippen molar-refractivity contribution in [3.63, 3.8) is 0 Å². The summed E-state index contributed by atoms with van der Waals surface area (Å²) in [4.78, 5) is 0. The third-order valence-electron chi connectivity index (χ3n) is 1.46. The number of hydrogen-bond acceptors (Lipinski definition) is 2. The van der Waals surface area contributed by atoms with Crippen molar-refractivity contribution in [2.75, 3.05) is 13.2 Å². The van der Waals surface area contributed by atoms with Crippen molar-refractivity contribution in [1.29, 1.82) is 0 Å². The number of aliphatic hydroxyl groups excluding tert-OH is 2. The van der Waals surface area contributed by atoms with Gasteiger partial charge in [0.2, 0.25) is 0 Å². The normalized spacial score (nSPS) is 12.7. The van der Waals surface area contributed by atoms with Gasteiger partial charge in [0, 0.05) is 6.61 Å². The molecule has 0 fully saturated rings. The Balaban J connectivity index is 3.79. The summed E-state index contributed by atoms with van der Waals surface area (Å²) >= 11 is 0. The van der Waals surface area contributed by atoms with Crippen LogP contribution in [-0.4, -0.2) is 23.4 Å². The number of aliphatic hydroxyl groups is 2. The first-order valence-corrected chi connectivity index (χ1v) is 3.63. The van der Waals surface area contributed by atoms with Crippen LogP contribution in [0, 0.1) is 5.92 Å². The summed E-state index contributed by atoms with van der Waals surface area (Å²) in [6.45, 7) is 4.33. The first kappa shape index (κ1) is 9.66. The third kappa shape index (κ3) is 3.64. The van der Waals surface area contributed by atoms with Crippen molar-refractivity contribution in [3.05, 3.63) is 11.6 Å². The Kier molecular flexibility index (Phi) is 5.26. The van der Waals surface area contributed by atoms with Crippen LogP contribution in [0.25, 0.3) is 0 Å². The monoisotopic (exact) mass is 144 g/mol. The van der Waals surface area contributed by atoms with E-state index in [1.165, 1.54) is 0 Å². The molecule has 0 rings (SSSR count). The Labute approximate surface area is 62.2 Å². The number of hydrogen-bond donors (Lipinski definition) is 2. The van der Waals surface area contributed by atoms with Gasteiger partial charge in [-0.2, -0.15) is 0 Å². The van der Waals surface area contributed by atoms with Gasteiger partial charge >= 0.3 is 0 Å². The summed E-state index contributed by atoms with van der Waals surface area (Å²) in [6.07, 6.45) is 2.54. The molecule has 0 unspecified atom stereocenters. The van der Waals surface area contributed by atoms with Gasteiger partial charge in [-0.25, -0.2) is 0 Å². The van der Waals surface area contributed by atoms with Gasteiger partial charge in [-0.3, -0.25) is 0 Å². The number of rotatable bonds is 4. The van der Waals surface area contributed by atoms with E-state index < -0.39 is 0 Å². The van der Waals surface area contributed by atoms with Crippen LogP contribution in [0.5, 0.6) is 0 Å². The predicted molar refractivity (Wildman–Crippen MR) is 41.7 cm³/mol. The fourth-order valence-electron chi connectivity index (χ4n) is 0.733. The van der Waals surface area contributed by atoms with Crippen LogP contribution >= 0.6 is 0 Å². The lowest BCUT2D eigenvalue weighted by atomic mass is 10.0. The Morgan fingerprint density at radius 1 is 1.40 bits per heavy atom. The van der Waals surface area contributed by atoms with E-state index in [9.17, 15) is 0 Å². The van der Waals surface area contributed by atoms with Crippen LogP contribution in [0.1, 0.15) is 20.3 Å². The maximum absolute atomic E-state index is 8.77. The van der Waals surface area contributed by atoms with Crippen LogP contribution in [0.15, 0.2) is 11.6 Å². The Bertz CT molecular complexity index is 106. The van der Waals surface area contributed by atoms with Gasteiger partial charge in [0.25, 0.3) is 0 Å². The lowest BCUT2D eigenvalue weighted by Gasteiger charge is -2.06. The molecule has 0 heterocycles. The van der Waals surface area contributed by atoms with Gasteiger partial charge in [-0.05, 0) is 17.9 Å². The highest BCUT2D eigenvalue weighted by atomic mass is 16.3. The largest absolute Gasteiger partial charge is 0.396 e. The summed E-state index contributed by atoms with van der Waals surface area (Å²) in [5, 5.41) is 17.2. The molecule has 0 aliphatic rings. The second-order valence-electron chi connectivity index (χ2n) is 2.60. The summed E-state index contributed by atoms with van der Waals surface area (Å²) < 4.78 is 0. The second-order valence-corrected chi connectivity index (χ2v) is 2.60. The van der Waals surface area contributed by atoms with Gasteiger partial charge in [0.1, 0.15) is 0 Å². The zero-order valence-corrected chi connectivity index (χ0v) is 6.67. The quantitative estimate of drug-likeness (QED) is 0.576. The summed E-state index contributed by atoms with van der Waals surface area (Å²) in [7, 11) is 0. The van der Waals surface area contributed by atoms with Gasteiger partial charge in [-0.15, -0.1) is 0 Å². The summed E-state index contributed by atoms with van der Waals surface area (Å²) in [5.41, 5.74) is 1.01. The Morgan fingerprint density at radius 3 is 2.30 bits per heavy atom. The molecule has 2 heteroatoms. The lowest BCUT2D eigenvalue weighted by Crippen LogP contribution is -1.99. The van der Waals surface area contributed by atoms with E-state index in [1.807, 2.05) is 19.9 Å². The molecular formula is C8H16O2. The highest BCUT2D eigenvalue weighted by Crippen LogP contribution is 2.08. The highest BCUT2D eigenvalue weighted by molar-refractivity contribution is 5.04. The van der Waals surface area contributed by atoms with Crippen molar-refractivity contribution in [3.8, 4) is 0 Å².